The summed E-state index contributed by atoms with van der Waals surface area (Å²) in [5.74, 6) is 1.30. The van der Waals surface area contributed by atoms with Gasteiger partial charge in [0.1, 0.15) is 5.41 Å². The van der Waals surface area contributed by atoms with E-state index in [1.165, 1.54) is 12.8 Å². The number of amides is 1. The fraction of sp³-hybridized carbons (Fsp3) is 0.846. The number of hydrogen-bond acceptors (Lipinski definition) is 3. The van der Waals surface area contributed by atoms with Gasteiger partial charge in [0.05, 0.1) is 0 Å². The van der Waals surface area contributed by atoms with Crippen LogP contribution in [0.3, 0.4) is 0 Å². The highest BCUT2D eigenvalue weighted by Gasteiger charge is 2.45. The first-order valence-electron chi connectivity index (χ1n) is 6.86. The Morgan fingerprint density at radius 2 is 2.11 bits per heavy atom. The maximum Gasteiger partial charge on any atom is 0.233 e. The van der Waals surface area contributed by atoms with Crippen LogP contribution in [0.2, 0.25) is 0 Å². The summed E-state index contributed by atoms with van der Waals surface area (Å²) >= 11 is 0. The molecule has 0 bridgehead atoms. The predicted molar refractivity (Wildman–Crippen MR) is 69.2 cm³/mol. The lowest BCUT2D eigenvalue weighted by Crippen LogP contribution is -2.49. The molecule has 0 aliphatic heterocycles. The van der Waals surface area contributed by atoms with Crippen LogP contribution in [-0.2, 0) is 4.79 Å². The monoisotopic (exact) mass is 253 g/mol. The molecule has 1 unspecified atom stereocenters. The number of carbonyl (C=O) groups excluding carboxylic acids is 1. The number of nitrogens with two attached hydrogens (primary N) is 1. The highest BCUT2D eigenvalue weighted by atomic mass is 16.4. The number of oxime groups is 1. The smallest absolute Gasteiger partial charge is 0.233 e. The Kier molecular flexibility index (Phi) is 3.78. The third-order valence-electron chi connectivity index (χ3n) is 4.50. The molecule has 2 aliphatic rings. The standard InChI is InChI=1S/C13H23N3O2/c1-9(10-4-5-10)8-15-12(17)13(11(14)16-18)6-2-3-7-13/h9-10,18H,2-8H2,1H3,(H2,14,16)(H,15,17). The van der Waals surface area contributed by atoms with E-state index in [-0.39, 0.29) is 11.7 Å². The zero-order valence-electron chi connectivity index (χ0n) is 11.0. The lowest BCUT2D eigenvalue weighted by atomic mass is 9.83. The van der Waals surface area contributed by atoms with E-state index in [9.17, 15) is 4.79 Å². The molecule has 2 aliphatic carbocycles. The lowest BCUT2D eigenvalue weighted by molar-refractivity contribution is -0.127. The molecule has 5 nitrogen and oxygen atoms in total. The number of carbonyl (C=O) groups is 1. The molecule has 0 aromatic rings. The van der Waals surface area contributed by atoms with Crippen LogP contribution in [0, 0.1) is 17.3 Å². The van der Waals surface area contributed by atoms with Crippen molar-refractivity contribution in [3.05, 3.63) is 0 Å². The van der Waals surface area contributed by atoms with Crippen LogP contribution in [0.4, 0.5) is 0 Å². The molecule has 2 fully saturated rings. The molecule has 2 saturated carbocycles. The molecule has 5 heteroatoms. The van der Waals surface area contributed by atoms with Crippen LogP contribution in [0.5, 0.6) is 0 Å². The third-order valence-corrected chi connectivity index (χ3v) is 4.50. The van der Waals surface area contributed by atoms with E-state index in [1.807, 2.05) is 0 Å². The number of rotatable bonds is 5. The summed E-state index contributed by atoms with van der Waals surface area (Å²) in [6.45, 7) is 2.87. The Balaban J connectivity index is 1.95. The van der Waals surface area contributed by atoms with Crippen molar-refractivity contribution in [3.8, 4) is 0 Å². The van der Waals surface area contributed by atoms with E-state index in [4.69, 9.17) is 10.9 Å². The summed E-state index contributed by atoms with van der Waals surface area (Å²) in [5.41, 5.74) is 4.97. The third kappa shape index (κ3) is 2.44. The van der Waals surface area contributed by atoms with Crippen molar-refractivity contribution in [3.63, 3.8) is 0 Å². The van der Waals surface area contributed by atoms with Crippen molar-refractivity contribution in [1.82, 2.24) is 5.32 Å². The molecular weight excluding hydrogens is 230 g/mol. The highest BCUT2D eigenvalue weighted by Crippen LogP contribution is 2.39. The first-order valence-corrected chi connectivity index (χ1v) is 6.86. The average molecular weight is 253 g/mol. The molecule has 102 valence electrons. The average Bonchev–Trinajstić information content (AvgIpc) is 3.12. The fourth-order valence-corrected chi connectivity index (χ4v) is 2.93. The van der Waals surface area contributed by atoms with Crippen molar-refractivity contribution in [2.24, 2.45) is 28.1 Å². The minimum Gasteiger partial charge on any atom is -0.409 e. The van der Waals surface area contributed by atoms with Crippen LogP contribution in [-0.4, -0.2) is 23.5 Å². The van der Waals surface area contributed by atoms with Gasteiger partial charge in [-0.1, -0.05) is 24.9 Å². The first kappa shape index (κ1) is 13.2. The SMILES string of the molecule is CC(CNC(=O)C1(C(N)=NO)CCCC1)C1CC1. The molecule has 0 aromatic carbocycles. The molecule has 0 saturated heterocycles. The summed E-state index contributed by atoms with van der Waals surface area (Å²) in [6, 6.07) is 0. The molecule has 0 spiro atoms. The van der Waals surface area contributed by atoms with Crippen LogP contribution < -0.4 is 11.1 Å². The summed E-state index contributed by atoms with van der Waals surface area (Å²) in [5, 5.41) is 14.9. The van der Waals surface area contributed by atoms with Gasteiger partial charge in [-0.3, -0.25) is 4.79 Å². The minimum absolute atomic E-state index is 0.0663. The van der Waals surface area contributed by atoms with E-state index in [2.05, 4.69) is 17.4 Å². The van der Waals surface area contributed by atoms with E-state index in [0.29, 0.717) is 25.3 Å². The van der Waals surface area contributed by atoms with Crippen LogP contribution in [0.1, 0.15) is 45.4 Å². The molecule has 1 atom stereocenters. The maximum absolute atomic E-state index is 12.3. The Morgan fingerprint density at radius 3 is 2.61 bits per heavy atom. The minimum atomic E-state index is -0.766. The summed E-state index contributed by atoms with van der Waals surface area (Å²) in [4.78, 5) is 12.3. The predicted octanol–water partition coefficient (Wildman–Crippen LogP) is 1.46. The zero-order chi connectivity index (χ0) is 13.2. The molecule has 0 heterocycles. The van der Waals surface area contributed by atoms with E-state index < -0.39 is 5.41 Å². The second-order valence-electron chi connectivity index (χ2n) is 5.80. The molecule has 1 amide bonds. The summed E-state index contributed by atoms with van der Waals surface area (Å²) in [6.07, 6.45) is 5.85. The van der Waals surface area contributed by atoms with E-state index in [1.54, 1.807) is 0 Å². The maximum atomic E-state index is 12.3. The molecular formula is C13H23N3O2. The van der Waals surface area contributed by atoms with Crippen LogP contribution in [0.25, 0.3) is 0 Å². The molecule has 2 rings (SSSR count). The van der Waals surface area contributed by atoms with E-state index in [0.717, 1.165) is 18.8 Å². The van der Waals surface area contributed by atoms with Gasteiger partial charge in [-0.15, -0.1) is 0 Å². The van der Waals surface area contributed by atoms with Crippen LogP contribution in [0.15, 0.2) is 5.16 Å². The van der Waals surface area contributed by atoms with Crippen LogP contribution >= 0.6 is 0 Å². The lowest BCUT2D eigenvalue weighted by Gasteiger charge is -2.26. The van der Waals surface area contributed by atoms with Gasteiger partial charge in [0.25, 0.3) is 0 Å². The highest BCUT2D eigenvalue weighted by molar-refractivity contribution is 6.07. The molecule has 0 radical (unpaired) electrons. The van der Waals surface area contributed by atoms with Crippen molar-refractivity contribution in [2.45, 2.75) is 45.4 Å². The van der Waals surface area contributed by atoms with Gasteiger partial charge < -0.3 is 16.3 Å². The van der Waals surface area contributed by atoms with Crippen molar-refractivity contribution < 1.29 is 10.0 Å². The summed E-state index contributed by atoms with van der Waals surface area (Å²) in [7, 11) is 0. The molecule has 4 N–H and O–H groups in total. The van der Waals surface area contributed by atoms with Gasteiger partial charge in [0.2, 0.25) is 5.91 Å². The topological polar surface area (TPSA) is 87.7 Å². The normalized spacial score (nSPS) is 24.8. The Bertz CT molecular complexity index is 344. The quantitative estimate of drug-likeness (QED) is 0.300. The first-order chi connectivity index (χ1) is 8.60. The number of nitrogens with one attached hydrogen (secondary N) is 1. The molecule has 18 heavy (non-hydrogen) atoms. The van der Waals surface area contributed by atoms with Gasteiger partial charge in [-0.2, -0.15) is 0 Å². The summed E-state index contributed by atoms with van der Waals surface area (Å²) < 4.78 is 0. The fourth-order valence-electron chi connectivity index (χ4n) is 2.93. The molecule has 0 aromatic heterocycles. The second-order valence-corrected chi connectivity index (χ2v) is 5.80. The zero-order valence-corrected chi connectivity index (χ0v) is 11.0. The van der Waals surface area contributed by atoms with Crippen molar-refractivity contribution in [1.29, 1.82) is 0 Å². The second kappa shape index (κ2) is 5.16. The number of nitrogens with zero attached hydrogens (tertiary/aromatic N) is 1. The van der Waals surface area contributed by atoms with Gasteiger partial charge in [-0.25, -0.2) is 0 Å². The van der Waals surface area contributed by atoms with Gasteiger partial charge in [0, 0.05) is 6.54 Å². The number of hydrogen-bond donors (Lipinski definition) is 3. The van der Waals surface area contributed by atoms with Crippen molar-refractivity contribution in [2.75, 3.05) is 6.54 Å². The Morgan fingerprint density at radius 1 is 1.50 bits per heavy atom. The van der Waals surface area contributed by atoms with Crippen molar-refractivity contribution >= 4 is 11.7 Å². The van der Waals surface area contributed by atoms with Gasteiger partial charge >= 0.3 is 0 Å². The van der Waals surface area contributed by atoms with Gasteiger partial charge in [-0.05, 0) is 37.5 Å². The Hall–Kier alpha value is -1.26. The number of amidine groups is 1. The largest absolute Gasteiger partial charge is 0.409 e. The van der Waals surface area contributed by atoms with Gasteiger partial charge in [0.15, 0.2) is 5.84 Å². The van der Waals surface area contributed by atoms with E-state index >= 15 is 0 Å². The Labute approximate surface area is 108 Å².